The standard InChI is InChI=1S/C9H19N2.C2H6.2CH4/c1-6-10(5)7-11-8(2)9(11,3)4;1-2;;/h8H,5-7H2,1-4H3;1-2H3;2*1H4/q+1;;;. The maximum Gasteiger partial charge on any atom is 0.199 e. The van der Waals surface area contributed by atoms with Crippen LogP contribution in [0.1, 0.15) is 56.4 Å². The van der Waals surface area contributed by atoms with Crippen LogP contribution in [0.3, 0.4) is 0 Å². The summed E-state index contributed by atoms with van der Waals surface area (Å²) in [5.74, 6) is 0. The first kappa shape index (κ1) is 20.1. The van der Waals surface area contributed by atoms with Gasteiger partial charge in [-0.1, -0.05) is 28.7 Å². The molecule has 0 spiro atoms. The summed E-state index contributed by atoms with van der Waals surface area (Å²) in [4.78, 5) is 2.45. The summed E-state index contributed by atoms with van der Waals surface area (Å²) in [5, 5.41) is 0. The maximum absolute atomic E-state index is 3.93. The van der Waals surface area contributed by atoms with Crippen molar-refractivity contribution in [1.82, 2.24) is 4.90 Å². The van der Waals surface area contributed by atoms with Gasteiger partial charge in [-0.05, 0) is 27.7 Å². The molecule has 1 aliphatic rings. The molecule has 0 aromatic heterocycles. The zero-order valence-electron chi connectivity index (χ0n) is 10.1. The minimum absolute atomic E-state index is 0. The highest BCUT2D eigenvalue weighted by molar-refractivity contribution is 5.15. The molecule has 2 unspecified atom stereocenters. The summed E-state index contributed by atoms with van der Waals surface area (Å²) in [7, 11) is 0. The molecule has 1 rings (SSSR count). The first-order valence-electron chi connectivity index (χ1n) is 5.32. The Bertz CT molecular complexity index is 173. The van der Waals surface area contributed by atoms with Crippen LogP contribution in [-0.4, -0.2) is 41.0 Å². The molecule has 1 aliphatic heterocycles. The molecule has 0 aromatic carbocycles. The highest BCUT2D eigenvalue weighted by Crippen LogP contribution is 2.39. The minimum Gasteiger partial charge on any atom is -0.237 e. The quantitative estimate of drug-likeness (QED) is 0.398. The Balaban J connectivity index is -0.000000339. The Hall–Kier alpha value is -0.370. The van der Waals surface area contributed by atoms with E-state index in [9.17, 15) is 0 Å². The van der Waals surface area contributed by atoms with E-state index in [2.05, 4.69) is 43.9 Å². The Morgan fingerprint density at radius 3 is 1.80 bits per heavy atom. The average Bonchev–Trinajstić information content (AvgIpc) is 2.58. The van der Waals surface area contributed by atoms with Gasteiger partial charge in [-0.2, -0.15) is 0 Å². The van der Waals surface area contributed by atoms with Gasteiger partial charge in [0.2, 0.25) is 0 Å². The molecule has 2 atom stereocenters. The van der Waals surface area contributed by atoms with E-state index in [-0.39, 0.29) is 14.9 Å². The smallest absolute Gasteiger partial charge is 0.199 e. The van der Waals surface area contributed by atoms with E-state index in [0.29, 0.717) is 5.54 Å². The lowest BCUT2D eigenvalue weighted by atomic mass is 10.2. The second-order valence-electron chi connectivity index (χ2n) is 3.93. The van der Waals surface area contributed by atoms with Crippen molar-refractivity contribution in [3.63, 3.8) is 0 Å². The third-order valence-electron chi connectivity index (χ3n) is 2.96. The van der Waals surface area contributed by atoms with Crippen LogP contribution < -0.4 is 0 Å². The Morgan fingerprint density at radius 2 is 1.60 bits per heavy atom. The lowest BCUT2D eigenvalue weighted by Gasteiger charge is -2.03. The van der Waals surface area contributed by atoms with Gasteiger partial charge in [-0.15, -0.1) is 0 Å². The van der Waals surface area contributed by atoms with Gasteiger partial charge in [0.05, 0.1) is 0 Å². The number of hydrogen-bond donors (Lipinski definition) is 0. The summed E-state index contributed by atoms with van der Waals surface area (Å²) < 4.78 is 2.09. The van der Waals surface area contributed by atoms with E-state index in [0.717, 1.165) is 19.3 Å². The molecule has 0 aromatic rings. The average molecular weight is 217 g/mol. The normalized spacial score (nSPS) is 24.9. The Morgan fingerprint density at radius 1 is 1.27 bits per heavy atom. The first-order valence-corrected chi connectivity index (χ1v) is 5.32. The number of rotatable bonds is 3. The second kappa shape index (κ2) is 7.86. The summed E-state index contributed by atoms with van der Waals surface area (Å²) in [5.41, 5.74) is 0.408. The van der Waals surface area contributed by atoms with E-state index in [1.165, 1.54) is 0 Å². The fourth-order valence-corrected chi connectivity index (χ4v) is 1.40. The van der Waals surface area contributed by atoms with Crippen LogP contribution in [0.15, 0.2) is 0 Å². The molecule has 0 bridgehead atoms. The number of hydrogen-bond acceptors (Lipinski definition) is 1. The van der Waals surface area contributed by atoms with Gasteiger partial charge >= 0.3 is 0 Å². The van der Waals surface area contributed by atoms with Crippen LogP contribution in [0, 0.1) is 0 Å². The van der Waals surface area contributed by atoms with Gasteiger partial charge in [-0.3, -0.25) is 0 Å². The predicted molar refractivity (Wildman–Crippen MR) is 73.0 cm³/mol. The van der Waals surface area contributed by atoms with Gasteiger partial charge in [0.1, 0.15) is 13.3 Å². The first-order chi connectivity index (χ1) is 6.00. The molecule has 0 amide bonds. The van der Waals surface area contributed by atoms with Gasteiger partial charge < -0.3 is 0 Å². The lowest BCUT2D eigenvalue weighted by Crippen LogP contribution is -2.21. The Labute approximate surface area is 98.0 Å². The zero-order valence-corrected chi connectivity index (χ0v) is 10.1. The van der Waals surface area contributed by atoms with Crippen molar-refractivity contribution in [1.29, 1.82) is 0 Å². The van der Waals surface area contributed by atoms with E-state index in [1.54, 1.807) is 0 Å². The van der Waals surface area contributed by atoms with Crippen LogP contribution in [0.4, 0.5) is 0 Å². The molecule has 2 nitrogen and oxygen atoms in total. The lowest BCUT2D eigenvalue weighted by molar-refractivity contribution is -0.532. The summed E-state index contributed by atoms with van der Waals surface area (Å²) in [6.45, 7) is 18.9. The topological polar surface area (TPSA) is 6.02 Å². The van der Waals surface area contributed by atoms with Crippen LogP contribution in [0.5, 0.6) is 0 Å². The molecule has 0 radical (unpaired) electrons. The second-order valence-corrected chi connectivity index (χ2v) is 3.93. The van der Waals surface area contributed by atoms with Crippen molar-refractivity contribution in [2.24, 2.45) is 0 Å². The zero-order chi connectivity index (χ0) is 10.6. The van der Waals surface area contributed by atoms with Crippen molar-refractivity contribution in [3.8, 4) is 0 Å². The van der Waals surface area contributed by atoms with Crippen molar-refractivity contribution in [3.05, 3.63) is 0 Å². The SMILES string of the molecule is C.C.C=[N+](CC)CN1C(C)C1(C)C.CC. The third-order valence-corrected chi connectivity index (χ3v) is 2.96. The minimum atomic E-state index is 0. The maximum atomic E-state index is 3.93. The molecule has 2 heteroatoms. The molecule has 1 saturated heterocycles. The third kappa shape index (κ3) is 4.78. The largest absolute Gasteiger partial charge is 0.237 e. The highest BCUT2D eigenvalue weighted by Gasteiger charge is 2.53. The van der Waals surface area contributed by atoms with Gasteiger partial charge in [-0.25, -0.2) is 9.48 Å². The van der Waals surface area contributed by atoms with Crippen molar-refractivity contribution in [2.45, 2.75) is 68.0 Å². The molecule has 94 valence electrons. The van der Waals surface area contributed by atoms with Crippen LogP contribution in [-0.2, 0) is 0 Å². The van der Waals surface area contributed by atoms with Crippen LogP contribution in [0.2, 0.25) is 0 Å². The molecular formula is C13H33N2+. The number of nitrogens with zero attached hydrogens (tertiary/aromatic N) is 2. The van der Waals surface area contributed by atoms with Crippen molar-refractivity contribution >= 4 is 6.72 Å². The molecule has 0 saturated carbocycles. The predicted octanol–water partition coefficient (Wildman–Crippen LogP) is 3.46. The molecule has 1 fully saturated rings. The van der Waals surface area contributed by atoms with E-state index < -0.39 is 0 Å². The summed E-state index contributed by atoms with van der Waals surface area (Å²) >= 11 is 0. The van der Waals surface area contributed by atoms with E-state index in [1.807, 2.05) is 13.8 Å². The molecule has 1 heterocycles. The molecule has 0 N–H and O–H groups in total. The van der Waals surface area contributed by atoms with Crippen LogP contribution in [0.25, 0.3) is 0 Å². The van der Waals surface area contributed by atoms with Crippen molar-refractivity contribution < 1.29 is 4.58 Å². The van der Waals surface area contributed by atoms with Gasteiger partial charge in [0.25, 0.3) is 0 Å². The molecule has 0 aliphatic carbocycles. The molecular weight excluding hydrogens is 184 g/mol. The summed E-state index contributed by atoms with van der Waals surface area (Å²) in [6.07, 6.45) is 0. The fraction of sp³-hybridized carbons (Fsp3) is 0.923. The monoisotopic (exact) mass is 217 g/mol. The van der Waals surface area contributed by atoms with E-state index >= 15 is 0 Å². The van der Waals surface area contributed by atoms with Crippen molar-refractivity contribution in [2.75, 3.05) is 13.2 Å². The fourth-order valence-electron chi connectivity index (χ4n) is 1.40. The Kier molecular flexibility index (Phi) is 10.5. The van der Waals surface area contributed by atoms with Gasteiger partial charge in [0, 0.05) is 11.6 Å². The van der Waals surface area contributed by atoms with Crippen LogP contribution >= 0.6 is 0 Å². The highest BCUT2D eigenvalue weighted by atomic mass is 15.4. The summed E-state index contributed by atoms with van der Waals surface area (Å²) in [6, 6.07) is 0.721. The molecule has 15 heavy (non-hydrogen) atoms. The van der Waals surface area contributed by atoms with Gasteiger partial charge in [0.15, 0.2) is 6.67 Å². The van der Waals surface area contributed by atoms with E-state index in [4.69, 9.17) is 0 Å².